The first-order chi connectivity index (χ1) is 23.4. The van der Waals surface area contributed by atoms with Crippen molar-refractivity contribution in [3.63, 3.8) is 0 Å². The fourth-order valence-electron chi connectivity index (χ4n) is 3.28. The fourth-order valence-corrected chi connectivity index (χ4v) is 3.28. The zero-order chi connectivity index (χ0) is 35.2. The van der Waals surface area contributed by atoms with Crippen LogP contribution >= 0.6 is 0 Å². The average Bonchev–Trinajstić information content (AvgIpc) is 3.08. The van der Waals surface area contributed by atoms with Crippen LogP contribution in [0, 0.1) is 5.41 Å². The lowest BCUT2D eigenvalue weighted by Crippen LogP contribution is -2.27. The summed E-state index contributed by atoms with van der Waals surface area (Å²) in [4.78, 5) is 11.8. The molecule has 48 heavy (non-hydrogen) atoms. The molecule has 0 aromatic rings. The molecule has 0 saturated heterocycles. The molecule has 1 N–H and O–H groups in total. The molecule has 0 saturated carbocycles. The molecule has 15 heteroatoms. The van der Waals surface area contributed by atoms with Crippen LogP contribution in [0.1, 0.15) is 34.1 Å². The van der Waals surface area contributed by atoms with Gasteiger partial charge in [0.1, 0.15) is 6.61 Å². The molecule has 1 unspecified atom stereocenters. The second-order valence-electron chi connectivity index (χ2n) is 11.0. The summed E-state index contributed by atoms with van der Waals surface area (Å²) in [6, 6.07) is 0. The van der Waals surface area contributed by atoms with Gasteiger partial charge in [-0.1, -0.05) is 6.92 Å². The van der Waals surface area contributed by atoms with Crippen molar-refractivity contribution in [3.8, 4) is 0 Å². The highest BCUT2D eigenvalue weighted by atomic mass is 16.6. The summed E-state index contributed by atoms with van der Waals surface area (Å²) < 4.78 is 70.5. The molecule has 1 atom stereocenters. The van der Waals surface area contributed by atoms with Crippen molar-refractivity contribution < 1.29 is 71.5 Å². The van der Waals surface area contributed by atoms with Crippen molar-refractivity contribution in [3.05, 3.63) is 0 Å². The molecule has 0 aliphatic heterocycles. The van der Waals surface area contributed by atoms with E-state index >= 15 is 0 Å². The Labute approximate surface area is 288 Å². The maximum Gasteiger partial charge on any atom is 0.311 e. The maximum atomic E-state index is 11.8. The third kappa shape index (κ3) is 34.8. The maximum absolute atomic E-state index is 11.8. The number of carbonyl (C=O) groups is 1. The fraction of sp³-hybridized carbons (Fsp3) is 0.970. The predicted molar refractivity (Wildman–Crippen MR) is 177 cm³/mol. The summed E-state index contributed by atoms with van der Waals surface area (Å²) in [7, 11) is 0. The molecule has 0 radical (unpaired) electrons. The van der Waals surface area contributed by atoms with E-state index in [0.29, 0.717) is 152 Å². The molecule has 0 bridgehead atoms. The zero-order valence-corrected chi connectivity index (χ0v) is 30.1. The summed E-state index contributed by atoms with van der Waals surface area (Å²) in [5, 5.41) is 8.66. The molecule has 0 heterocycles. The Morgan fingerprint density at radius 2 is 0.771 bits per heavy atom. The van der Waals surface area contributed by atoms with Gasteiger partial charge in [-0.25, -0.2) is 0 Å². The molecular formula is C33H66O15. The first-order valence-electron chi connectivity index (χ1n) is 17.2. The highest BCUT2D eigenvalue weighted by Gasteiger charge is 2.26. The number of hydrogen-bond donors (Lipinski definition) is 1. The molecule has 0 rings (SSSR count). The lowest BCUT2D eigenvalue weighted by Gasteiger charge is -2.20. The van der Waals surface area contributed by atoms with Crippen LogP contribution < -0.4 is 0 Å². The van der Waals surface area contributed by atoms with Gasteiger partial charge < -0.3 is 66.7 Å². The molecule has 0 spiro atoms. The van der Waals surface area contributed by atoms with E-state index in [1.807, 2.05) is 27.7 Å². The number of carbonyl (C=O) groups excluding carboxylic acids is 1. The van der Waals surface area contributed by atoms with Gasteiger partial charge in [0, 0.05) is 0 Å². The largest absolute Gasteiger partial charge is 0.463 e. The molecule has 0 amide bonds. The van der Waals surface area contributed by atoms with Gasteiger partial charge in [-0.3, -0.25) is 4.79 Å². The lowest BCUT2D eigenvalue weighted by atomic mass is 9.91. The summed E-state index contributed by atoms with van der Waals surface area (Å²) in [5.74, 6) is -0.202. The number of hydrogen-bond acceptors (Lipinski definition) is 15. The van der Waals surface area contributed by atoms with Crippen LogP contribution in [0.5, 0.6) is 0 Å². The smallest absolute Gasteiger partial charge is 0.311 e. The average molecular weight is 703 g/mol. The van der Waals surface area contributed by atoms with E-state index in [0.717, 1.165) is 6.42 Å². The standard InChI is InChI=1S/C33H66O15/c1-5-33(3,4)32(35)48-29-27-45-25-23-43-21-19-41-17-15-39-13-11-37-9-8-36-10-12-38-14-16-40-18-20-42-22-24-44-26-28-47-31(2)30-46-7-6-34/h31,34H,5-30H2,1-4H3. The molecule has 0 aromatic heterocycles. The van der Waals surface area contributed by atoms with Gasteiger partial charge in [0.05, 0.1) is 170 Å². The van der Waals surface area contributed by atoms with Gasteiger partial charge >= 0.3 is 5.97 Å². The molecule has 0 aliphatic rings. The summed E-state index contributed by atoms with van der Waals surface area (Å²) in [6.07, 6.45) is 0.700. The van der Waals surface area contributed by atoms with Crippen LogP contribution in [0.2, 0.25) is 0 Å². The third-order valence-electron chi connectivity index (χ3n) is 6.46. The van der Waals surface area contributed by atoms with Gasteiger partial charge in [-0.05, 0) is 27.2 Å². The quantitative estimate of drug-likeness (QED) is 0.0724. The topological polar surface area (TPSA) is 157 Å². The summed E-state index contributed by atoms with van der Waals surface area (Å²) in [6.45, 7) is 18.7. The van der Waals surface area contributed by atoms with E-state index in [2.05, 4.69) is 0 Å². The van der Waals surface area contributed by atoms with Crippen molar-refractivity contribution in [2.45, 2.75) is 40.2 Å². The minimum atomic E-state index is -0.459. The van der Waals surface area contributed by atoms with Gasteiger partial charge in [-0.2, -0.15) is 0 Å². The Kier molecular flexibility index (Phi) is 36.4. The van der Waals surface area contributed by atoms with Crippen LogP contribution in [-0.4, -0.2) is 182 Å². The van der Waals surface area contributed by atoms with Gasteiger partial charge in [0.25, 0.3) is 0 Å². The number of aliphatic hydroxyl groups is 1. The van der Waals surface area contributed by atoms with E-state index < -0.39 is 5.41 Å². The van der Waals surface area contributed by atoms with Crippen molar-refractivity contribution in [1.82, 2.24) is 0 Å². The van der Waals surface area contributed by atoms with E-state index in [4.69, 9.17) is 66.7 Å². The number of esters is 1. The molecular weight excluding hydrogens is 636 g/mol. The van der Waals surface area contributed by atoms with Crippen LogP contribution in [0.25, 0.3) is 0 Å². The van der Waals surface area contributed by atoms with Crippen molar-refractivity contribution >= 4 is 5.97 Å². The van der Waals surface area contributed by atoms with E-state index in [9.17, 15) is 4.79 Å². The summed E-state index contributed by atoms with van der Waals surface area (Å²) in [5.41, 5.74) is -0.459. The van der Waals surface area contributed by atoms with Crippen LogP contribution in [0.3, 0.4) is 0 Å². The van der Waals surface area contributed by atoms with E-state index in [-0.39, 0.29) is 25.3 Å². The SMILES string of the molecule is CCC(C)(C)C(=O)OCCOCCOCCOCCOCCOCCOCCOCCOCCOCCOCCOC(C)COCCO. The third-order valence-corrected chi connectivity index (χ3v) is 6.46. The van der Waals surface area contributed by atoms with Crippen LogP contribution in [0.15, 0.2) is 0 Å². The normalized spacial score (nSPS) is 12.5. The molecule has 0 aliphatic carbocycles. The second-order valence-corrected chi connectivity index (χ2v) is 11.0. The lowest BCUT2D eigenvalue weighted by molar-refractivity contribution is -0.155. The highest BCUT2D eigenvalue weighted by Crippen LogP contribution is 2.21. The number of ether oxygens (including phenoxy) is 13. The minimum absolute atomic E-state index is 0.0146. The van der Waals surface area contributed by atoms with Crippen molar-refractivity contribution in [1.29, 1.82) is 0 Å². The first kappa shape index (κ1) is 47.0. The monoisotopic (exact) mass is 702 g/mol. The Bertz CT molecular complexity index is 657. The Balaban J connectivity index is 3.13. The zero-order valence-electron chi connectivity index (χ0n) is 30.1. The van der Waals surface area contributed by atoms with Crippen LogP contribution in [-0.2, 0) is 66.4 Å². The van der Waals surface area contributed by atoms with Crippen LogP contribution in [0.4, 0.5) is 0 Å². The van der Waals surface area contributed by atoms with Crippen molar-refractivity contribution in [2.75, 3.05) is 165 Å². The minimum Gasteiger partial charge on any atom is -0.463 e. The van der Waals surface area contributed by atoms with Gasteiger partial charge in [0.2, 0.25) is 0 Å². The predicted octanol–water partition coefficient (Wildman–Crippen LogP) is 1.55. The van der Waals surface area contributed by atoms with E-state index in [1.54, 1.807) is 0 Å². The second kappa shape index (κ2) is 37.2. The molecule has 0 fully saturated rings. The highest BCUT2D eigenvalue weighted by molar-refractivity contribution is 5.75. The Hall–Kier alpha value is -1.05. The number of aliphatic hydroxyl groups excluding tert-OH is 1. The number of rotatable bonds is 40. The molecule has 15 nitrogen and oxygen atoms in total. The first-order valence-corrected chi connectivity index (χ1v) is 17.2. The Morgan fingerprint density at radius 3 is 1.06 bits per heavy atom. The van der Waals surface area contributed by atoms with Gasteiger partial charge in [-0.15, -0.1) is 0 Å². The van der Waals surface area contributed by atoms with Gasteiger partial charge in [0.15, 0.2) is 0 Å². The molecule has 0 aromatic carbocycles. The Morgan fingerprint density at radius 1 is 0.479 bits per heavy atom. The summed E-state index contributed by atoms with van der Waals surface area (Å²) >= 11 is 0. The molecule has 288 valence electrons. The van der Waals surface area contributed by atoms with E-state index in [1.165, 1.54) is 0 Å². The van der Waals surface area contributed by atoms with Crippen molar-refractivity contribution in [2.24, 2.45) is 5.41 Å².